The monoisotopic (exact) mass is 417 g/mol. The Morgan fingerprint density at radius 1 is 1.18 bits per heavy atom. The van der Waals surface area contributed by atoms with Gasteiger partial charge in [0.1, 0.15) is 5.75 Å². The summed E-state index contributed by atoms with van der Waals surface area (Å²) in [4.78, 5) is 12.5. The summed E-state index contributed by atoms with van der Waals surface area (Å²) < 4.78 is 52.2. The second-order valence-corrected chi connectivity index (χ2v) is 6.13. The van der Waals surface area contributed by atoms with Crippen molar-refractivity contribution in [3.8, 4) is 17.2 Å². The minimum absolute atomic E-state index is 0.0194. The van der Waals surface area contributed by atoms with Crippen LogP contribution < -0.4 is 19.5 Å². The molecule has 28 heavy (non-hydrogen) atoms. The van der Waals surface area contributed by atoms with Gasteiger partial charge in [0.25, 0.3) is 5.91 Å². The Labute approximate surface area is 165 Å². The highest BCUT2D eigenvalue weighted by Gasteiger charge is 2.28. The molecule has 0 unspecified atom stereocenters. The van der Waals surface area contributed by atoms with Gasteiger partial charge in [-0.15, -0.1) is 0 Å². The number of rotatable bonds is 8. The van der Waals surface area contributed by atoms with E-state index in [1.54, 1.807) is 0 Å². The molecule has 1 amide bonds. The first-order chi connectivity index (χ1) is 13.2. The van der Waals surface area contributed by atoms with Gasteiger partial charge in [-0.25, -0.2) is 0 Å². The molecule has 0 saturated heterocycles. The minimum Gasteiger partial charge on any atom is -0.493 e. The number of hydrogen-bond donors (Lipinski definition) is 1. The number of methoxy groups -OCH3 is 1. The standard InChI is InChI=1S/C19H19ClF3NO4/c1-3-7-27-17-15(20)8-12(9-16(17)26-2)18(25)24-13-5-4-6-14(10-13)28-11-19(21,22)23/h4-6,8-10H,3,7,11H2,1-2H3,(H,24,25). The molecule has 5 nitrogen and oxygen atoms in total. The average molecular weight is 418 g/mol. The topological polar surface area (TPSA) is 56.8 Å². The fourth-order valence-corrected chi connectivity index (χ4v) is 2.49. The molecule has 0 aliphatic carbocycles. The Bertz CT molecular complexity index is 827. The number of alkyl halides is 3. The highest BCUT2D eigenvalue weighted by atomic mass is 35.5. The molecule has 2 rings (SSSR count). The van der Waals surface area contributed by atoms with Crippen molar-refractivity contribution in [1.29, 1.82) is 0 Å². The van der Waals surface area contributed by atoms with Crippen molar-refractivity contribution in [3.05, 3.63) is 47.0 Å². The molecule has 0 heterocycles. The van der Waals surface area contributed by atoms with Crippen molar-refractivity contribution in [1.82, 2.24) is 0 Å². The van der Waals surface area contributed by atoms with Crippen molar-refractivity contribution in [3.63, 3.8) is 0 Å². The van der Waals surface area contributed by atoms with Gasteiger partial charge in [-0.3, -0.25) is 4.79 Å². The predicted octanol–water partition coefficient (Wildman–Crippen LogP) is 5.33. The molecule has 0 fully saturated rings. The van der Waals surface area contributed by atoms with Crippen molar-refractivity contribution in [2.24, 2.45) is 0 Å². The van der Waals surface area contributed by atoms with Crippen LogP contribution >= 0.6 is 11.6 Å². The first-order valence-corrected chi connectivity index (χ1v) is 8.72. The van der Waals surface area contributed by atoms with Gasteiger partial charge in [0.15, 0.2) is 18.1 Å². The number of carbonyl (C=O) groups is 1. The molecule has 0 aromatic heterocycles. The Morgan fingerprint density at radius 2 is 1.93 bits per heavy atom. The third-order valence-electron chi connectivity index (χ3n) is 3.44. The van der Waals surface area contributed by atoms with Gasteiger partial charge in [0, 0.05) is 17.3 Å². The summed E-state index contributed by atoms with van der Waals surface area (Å²) in [5.41, 5.74) is 0.471. The van der Waals surface area contributed by atoms with Gasteiger partial charge in [0.2, 0.25) is 0 Å². The number of halogens is 4. The molecule has 9 heteroatoms. The largest absolute Gasteiger partial charge is 0.493 e. The smallest absolute Gasteiger partial charge is 0.422 e. The van der Waals surface area contributed by atoms with E-state index in [4.69, 9.17) is 21.1 Å². The number of amides is 1. The maximum absolute atomic E-state index is 12.5. The lowest BCUT2D eigenvalue weighted by molar-refractivity contribution is -0.153. The van der Waals surface area contributed by atoms with Gasteiger partial charge in [-0.05, 0) is 30.7 Å². The zero-order chi connectivity index (χ0) is 20.7. The van der Waals surface area contributed by atoms with Crippen LogP contribution in [-0.4, -0.2) is 32.4 Å². The normalized spacial score (nSPS) is 11.1. The maximum Gasteiger partial charge on any atom is 0.422 e. The van der Waals surface area contributed by atoms with Gasteiger partial charge in [-0.2, -0.15) is 13.2 Å². The number of nitrogens with one attached hydrogen (secondary N) is 1. The summed E-state index contributed by atoms with van der Waals surface area (Å²) in [7, 11) is 1.42. The molecule has 152 valence electrons. The van der Waals surface area contributed by atoms with E-state index in [2.05, 4.69) is 10.1 Å². The lowest BCUT2D eigenvalue weighted by Crippen LogP contribution is -2.19. The molecule has 2 aromatic carbocycles. The van der Waals surface area contributed by atoms with Gasteiger partial charge in [0.05, 0.1) is 18.7 Å². The molecule has 0 radical (unpaired) electrons. The zero-order valence-electron chi connectivity index (χ0n) is 15.2. The van der Waals surface area contributed by atoms with E-state index < -0.39 is 18.7 Å². The SMILES string of the molecule is CCCOc1c(Cl)cc(C(=O)Nc2cccc(OCC(F)(F)F)c2)cc1OC. The van der Waals surface area contributed by atoms with Crippen molar-refractivity contribution < 1.29 is 32.2 Å². The minimum atomic E-state index is -4.45. The molecule has 1 N–H and O–H groups in total. The molecule has 0 aliphatic rings. The summed E-state index contributed by atoms with van der Waals surface area (Å²) >= 11 is 6.19. The summed E-state index contributed by atoms with van der Waals surface area (Å²) in [6.45, 7) is 0.956. The third-order valence-corrected chi connectivity index (χ3v) is 3.72. The first kappa shape index (κ1) is 21.7. The van der Waals surface area contributed by atoms with E-state index in [-0.39, 0.29) is 22.0 Å². The van der Waals surface area contributed by atoms with Crippen molar-refractivity contribution in [2.45, 2.75) is 19.5 Å². The highest BCUT2D eigenvalue weighted by molar-refractivity contribution is 6.32. The van der Waals surface area contributed by atoms with Crippen LogP contribution in [0.1, 0.15) is 23.7 Å². The van der Waals surface area contributed by atoms with E-state index in [1.165, 1.54) is 43.5 Å². The molecule has 0 aliphatic heterocycles. The Hall–Kier alpha value is -2.61. The number of benzene rings is 2. The summed E-state index contributed by atoms with van der Waals surface area (Å²) in [5, 5.41) is 2.79. The molecular formula is C19H19ClF3NO4. The number of carbonyl (C=O) groups excluding carboxylic acids is 1. The number of ether oxygens (including phenoxy) is 3. The van der Waals surface area contributed by atoms with Crippen LogP contribution in [0, 0.1) is 0 Å². The average Bonchev–Trinajstić information content (AvgIpc) is 2.64. The van der Waals surface area contributed by atoms with E-state index in [0.29, 0.717) is 18.1 Å². The van der Waals surface area contributed by atoms with Crippen LogP contribution in [0.3, 0.4) is 0 Å². The van der Waals surface area contributed by atoms with Crippen LogP contribution in [0.5, 0.6) is 17.2 Å². The summed E-state index contributed by atoms with van der Waals surface area (Å²) in [5.74, 6) is 0.0998. The second-order valence-electron chi connectivity index (χ2n) is 5.72. The molecule has 0 spiro atoms. The lowest BCUT2D eigenvalue weighted by atomic mass is 10.1. The lowest BCUT2D eigenvalue weighted by Gasteiger charge is -2.14. The van der Waals surface area contributed by atoms with E-state index in [9.17, 15) is 18.0 Å². The van der Waals surface area contributed by atoms with E-state index >= 15 is 0 Å². The number of anilines is 1. The third kappa shape index (κ3) is 6.23. The van der Waals surface area contributed by atoms with Crippen LogP contribution in [0.15, 0.2) is 36.4 Å². The fourth-order valence-electron chi connectivity index (χ4n) is 2.23. The molecule has 2 aromatic rings. The van der Waals surface area contributed by atoms with Gasteiger partial charge in [-0.1, -0.05) is 24.6 Å². The predicted molar refractivity (Wildman–Crippen MR) is 99.7 cm³/mol. The number of hydrogen-bond acceptors (Lipinski definition) is 4. The summed E-state index contributed by atoms with van der Waals surface area (Å²) in [6, 6.07) is 8.54. The van der Waals surface area contributed by atoms with Crippen molar-refractivity contribution in [2.75, 3.05) is 25.6 Å². The molecule has 0 bridgehead atoms. The quantitative estimate of drug-likeness (QED) is 0.630. The van der Waals surface area contributed by atoms with E-state index in [1.807, 2.05) is 6.92 Å². The second kappa shape index (κ2) is 9.54. The van der Waals surface area contributed by atoms with Gasteiger partial charge < -0.3 is 19.5 Å². The fraction of sp³-hybridized carbons (Fsp3) is 0.316. The Balaban J connectivity index is 2.15. The first-order valence-electron chi connectivity index (χ1n) is 8.34. The van der Waals surface area contributed by atoms with Gasteiger partial charge >= 0.3 is 6.18 Å². The Kier molecular flexibility index (Phi) is 7.39. The Morgan fingerprint density at radius 3 is 2.57 bits per heavy atom. The molecule has 0 atom stereocenters. The maximum atomic E-state index is 12.5. The van der Waals surface area contributed by atoms with Crippen molar-refractivity contribution >= 4 is 23.2 Å². The van der Waals surface area contributed by atoms with Crippen LogP contribution in [0.4, 0.5) is 18.9 Å². The van der Waals surface area contributed by atoms with E-state index in [0.717, 1.165) is 6.42 Å². The van der Waals surface area contributed by atoms with Crippen LogP contribution in [0.2, 0.25) is 5.02 Å². The molecular weight excluding hydrogens is 399 g/mol. The molecule has 0 saturated carbocycles. The summed E-state index contributed by atoms with van der Waals surface area (Å²) in [6.07, 6.45) is -3.68. The zero-order valence-corrected chi connectivity index (χ0v) is 16.0. The van der Waals surface area contributed by atoms with Crippen LogP contribution in [-0.2, 0) is 0 Å². The highest BCUT2D eigenvalue weighted by Crippen LogP contribution is 2.36. The van der Waals surface area contributed by atoms with Crippen LogP contribution in [0.25, 0.3) is 0 Å².